The summed E-state index contributed by atoms with van der Waals surface area (Å²) < 4.78 is 11.1. The number of carboxylic acid groups (broad SMARTS) is 1. The van der Waals surface area contributed by atoms with Crippen LogP contribution in [0, 0.1) is 0 Å². The maximum atomic E-state index is 13.2. The van der Waals surface area contributed by atoms with Gasteiger partial charge in [-0.2, -0.15) is 0 Å². The van der Waals surface area contributed by atoms with Gasteiger partial charge < -0.3 is 30.5 Å². The summed E-state index contributed by atoms with van der Waals surface area (Å²) in [7, 11) is 0. The molecule has 218 valence electrons. The van der Waals surface area contributed by atoms with E-state index < -0.39 is 47.6 Å². The number of amides is 3. The topological polar surface area (TPSA) is 143 Å². The van der Waals surface area contributed by atoms with Gasteiger partial charge in [-0.15, -0.1) is 0 Å². The van der Waals surface area contributed by atoms with Crippen LogP contribution >= 0.6 is 0 Å². The summed E-state index contributed by atoms with van der Waals surface area (Å²) in [6, 6.07) is 13.7. The highest BCUT2D eigenvalue weighted by Crippen LogP contribution is 2.16. The lowest BCUT2D eigenvalue weighted by Gasteiger charge is -2.25. The summed E-state index contributed by atoms with van der Waals surface area (Å²) in [6.45, 7) is 8.91. The van der Waals surface area contributed by atoms with Gasteiger partial charge in [-0.1, -0.05) is 62.2 Å². The molecular weight excluding hydrogens is 514 g/mol. The second-order valence-electron chi connectivity index (χ2n) is 10.6. The van der Waals surface area contributed by atoms with Crippen LogP contribution in [0.4, 0.5) is 4.79 Å². The van der Waals surface area contributed by atoms with Gasteiger partial charge in [0.25, 0.3) is 0 Å². The largest absolute Gasteiger partial charge is 0.489 e. The number of carbonyl (C=O) groups excluding carboxylic acids is 3. The van der Waals surface area contributed by atoms with Crippen molar-refractivity contribution in [2.24, 2.45) is 0 Å². The van der Waals surface area contributed by atoms with Crippen LogP contribution in [-0.4, -0.2) is 52.7 Å². The smallest absolute Gasteiger partial charge is 0.408 e. The molecule has 10 nitrogen and oxygen atoms in total. The number of benzene rings is 2. The highest BCUT2D eigenvalue weighted by molar-refractivity contribution is 5.92. The molecule has 0 aliphatic rings. The van der Waals surface area contributed by atoms with Gasteiger partial charge >= 0.3 is 12.1 Å². The highest BCUT2D eigenvalue weighted by Gasteiger charge is 2.28. The molecule has 0 fully saturated rings. The van der Waals surface area contributed by atoms with E-state index in [1.165, 1.54) is 6.92 Å². The van der Waals surface area contributed by atoms with Gasteiger partial charge in [0.1, 0.15) is 36.1 Å². The average molecular weight is 556 g/mol. The summed E-state index contributed by atoms with van der Waals surface area (Å²) in [5.74, 6) is -1.73. The molecule has 40 heavy (non-hydrogen) atoms. The third-order valence-corrected chi connectivity index (χ3v) is 5.83. The highest BCUT2D eigenvalue weighted by atomic mass is 16.6. The number of hydrogen-bond donors (Lipinski definition) is 4. The van der Waals surface area contributed by atoms with Gasteiger partial charge in [-0.25, -0.2) is 9.59 Å². The van der Waals surface area contributed by atoms with Crippen LogP contribution in [-0.2, 0) is 32.1 Å². The van der Waals surface area contributed by atoms with E-state index in [-0.39, 0.29) is 12.8 Å². The molecule has 2 aromatic carbocycles. The lowest BCUT2D eigenvalue weighted by atomic mass is 10.0. The molecule has 3 amide bonds. The molecule has 0 saturated heterocycles. The first-order chi connectivity index (χ1) is 18.9. The van der Waals surface area contributed by atoms with Crippen LogP contribution in [0.25, 0.3) is 0 Å². The van der Waals surface area contributed by atoms with Crippen LogP contribution in [0.1, 0.15) is 65.0 Å². The monoisotopic (exact) mass is 555 g/mol. The lowest BCUT2D eigenvalue weighted by Crippen LogP contribution is -2.55. The van der Waals surface area contributed by atoms with E-state index in [1.807, 2.05) is 37.3 Å². The van der Waals surface area contributed by atoms with Crippen molar-refractivity contribution >= 4 is 23.9 Å². The summed E-state index contributed by atoms with van der Waals surface area (Å²) >= 11 is 0. The number of ether oxygens (including phenoxy) is 2. The Bertz CT molecular complexity index is 1110. The fraction of sp³-hybridized carbons (Fsp3) is 0.467. The maximum absolute atomic E-state index is 13.2. The average Bonchev–Trinajstić information content (AvgIpc) is 2.89. The van der Waals surface area contributed by atoms with Crippen molar-refractivity contribution in [3.63, 3.8) is 0 Å². The molecule has 0 aliphatic carbocycles. The second kappa shape index (κ2) is 15.5. The first-order valence-electron chi connectivity index (χ1n) is 13.5. The van der Waals surface area contributed by atoms with Crippen LogP contribution in [0.5, 0.6) is 5.75 Å². The Balaban J connectivity index is 2.08. The molecule has 0 spiro atoms. The first kappa shape index (κ1) is 32.1. The number of unbranched alkanes of at least 4 members (excludes halogenated alkanes) is 1. The van der Waals surface area contributed by atoms with E-state index in [2.05, 4.69) is 16.0 Å². The van der Waals surface area contributed by atoms with Gasteiger partial charge in [0.2, 0.25) is 11.8 Å². The Morgan fingerprint density at radius 2 is 1.50 bits per heavy atom. The SMILES string of the molecule is CCCC[C@H](NC(=O)[C@@H](C)NC(=O)[C@H](Cc1ccc(OCc2ccccc2)cc1)NC(=O)OC(C)(C)C)C(=O)O. The lowest BCUT2D eigenvalue weighted by molar-refractivity contribution is -0.142. The minimum absolute atomic E-state index is 0.118. The van der Waals surface area contributed by atoms with E-state index in [1.54, 1.807) is 45.0 Å². The van der Waals surface area contributed by atoms with E-state index >= 15 is 0 Å². The number of carboxylic acids is 1. The van der Waals surface area contributed by atoms with Crippen molar-refractivity contribution in [3.8, 4) is 5.75 Å². The zero-order valence-electron chi connectivity index (χ0n) is 23.9. The minimum atomic E-state index is -1.14. The Hall–Kier alpha value is -4.08. The van der Waals surface area contributed by atoms with Crippen LogP contribution in [0.15, 0.2) is 54.6 Å². The summed E-state index contributed by atoms with van der Waals surface area (Å²) in [4.78, 5) is 49.8. The maximum Gasteiger partial charge on any atom is 0.408 e. The Labute approximate surface area is 235 Å². The summed E-state index contributed by atoms with van der Waals surface area (Å²) in [6.07, 6.45) is 1.04. The fourth-order valence-electron chi connectivity index (χ4n) is 3.70. The molecule has 0 aliphatic heterocycles. The molecule has 0 unspecified atom stereocenters. The van der Waals surface area contributed by atoms with Crippen molar-refractivity contribution in [1.82, 2.24) is 16.0 Å². The molecule has 0 aromatic heterocycles. The Morgan fingerprint density at radius 1 is 0.850 bits per heavy atom. The number of hydrogen-bond acceptors (Lipinski definition) is 6. The van der Waals surface area contributed by atoms with E-state index in [9.17, 15) is 24.3 Å². The number of alkyl carbamates (subject to hydrolysis) is 1. The van der Waals surface area contributed by atoms with Gasteiger partial charge in [-0.3, -0.25) is 9.59 Å². The molecule has 10 heteroatoms. The Morgan fingerprint density at radius 3 is 2.08 bits per heavy atom. The van der Waals surface area contributed by atoms with Crippen molar-refractivity contribution in [2.45, 2.75) is 90.6 Å². The van der Waals surface area contributed by atoms with Gasteiger partial charge in [0.05, 0.1) is 0 Å². The number of rotatable bonds is 14. The van der Waals surface area contributed by atoms with Crippen molar-refractivity contribution in [1.29, 1.82) is 0 Å². The second-order valence-corrected chi connectivity index (χ2v) is 10.6. The normalized spacial score (nSPS) is 13.3. The standard InChI is InChI=1S/C30H41N3O7/c1-6-7-13-24(28(36)37)32-26(34)20(2)31-27(35)25(33-29(38)40-30(3,4)5)18-21-14-16-23(17-15-21)39-19-22-11-9-8-10-12-22/h8-12,14-17,20,24-25H,6-7,13,18-19H2,1-5H3,(H,31,35)(H,32,34)(H,33,38)(H,36,37)/t20-,24+,25+/m1/s1. The predicted molar refractivity (Wildman–Crippen MR) is 151 cm³/mol. The van der Waals surface area contributed by atoms with E-state index in [4.69, 9.17) is 9.47 Å². The molecular formula is C30H41N3O7. The molecule has 0 radical (unpaired) electrons. The minimum Gasteiger partial charge on any atom is -0.489 e. The third kappa shape index (κ3) is 11.8. The van der Waals surface area contributed by atoms with E-state index in [0.717, 1.165) is 17.5 Å². The quantitative estimate of drug-likeness (QED) is 0.276. The van der Waals surface area contributed by atoms with Crippen molar-refractivity contribution in [2.75, 3.05) is 0 Å². The fourth-order valence-corrected chi connectivity index (χ4v) is 3.70. The molecule has 2 rings (SSSR count). The molecule has 3 atom stereocenters. The number of carbonyl (C=O) groups is 4. The zero-order valence-corrected chi connectivity index (χ0v) is 23.9. The number of aliphatic carboxylic acids is 1. The molecule has 4 N–H and O–H groups in total. The summed E-state index contributed by atoms with van der Waals surface area (Å²) in [5.41, 5.74) is 0.995. The van der Waals surface area contributed by atoms with E-state index in [0.29, 0.717) is 18.8 Å². The van der Waals surface area contributed by atoms with Gasteiger partial charge in [0.15, 0.2) is 0 Å². The Kier molecular flexibility index (Phi) is 12.4. The van der Waals surface area contributed by atoms with Crippen LogP contribution in [0.3, 0.4) is 0 Å². The van der Waals surface area contributed by atoms with Gasteiger partial charge in [-0.05, 0) is 57.4 Å². The van der Waals surface area contributed by atoms with Crippen LogP contribution < -0.4 is 20.7 Å². The molecule has 0 bridgehead atoms. The van der Waals surface area contributed by atoms with Crippen molar-refractivity contribution < 1.29 is 33.8 Å². The van der Waals surface area contributed by atoms with Gasteiger partial charge in [0, 0.05) is 6.42 Å². The first-order valence-corrected chi connectivity index (χ1v) is 13.5. The molecule has 2 aromatic rings. The molecule has 0 saturated carbocycles. The third-order valence-electron chi connectivity index (χ3n) is 5.83. The molecule has 0 heterocycles. The van der Waals surface area contributed by atoms with Crippen LogP contribution in [0.2, 0.25) is 0 Å². The number of nitrogens with one attached hydrogen (secondary N) is 3. The zero-order chi connectivity index (χ0) is 29.7. The van der Waals surface area contributed by atoms with Crippen molar-refractivity contribution in [3.05, 3.63) is 65.7 Å². The summed E-state index contributed by atoms with van der Waals surface area (Å²) in [5, 5.41) is 17.0. The predicted octanol–water partition coefficient (Wildman–Crippen LogP) is 3.97.